The van der Waals surface area contributed by atoms with Crippen molar-refractivity contribution in [3.63, 3.8) is 0 Å². The van der Waals surface area contributed by atoms with Gasteiger partial charge in [0.1, 0.15) is 5.56 Å². The highest BCUT2D eigenvalue weighted by atomic mass is 16.2. The van der Waals surface area contributed by atoms with Gasteiger partial charge in [-0.25, -0.2) is 0 Å². The van der Waals surface area contributed by atoms with Gasteiger partial charge in [-0.05, 0) is 24.9 Å². The molecule has 1 aromatic heterocycles. The Morgan fingerprint density at radius 2 is 2.04 bits per heavy atom. The lowest BCUT2D eigenvalue weighted by Gasteiger charge is -2.16. The maximum Gasteiger partial charge on any atom is 0.259 e. The molecular formula is C18H21N3O2. The number of aromatic nitrogens is 1. The lowest BCUT2D eigenvalue weighted by atomic mass is 9.89. The zero-order chi connectivity index (χ0) is 16.4. The zero-order valence-corrected chi connectivity index (χ0v) is 13.2. The first-order chi connectivity index (χ1) is 11.1. The first-order valence-corrected chi connectivity index (χ1v) is 7.83. The number of pyridine rings is 1. The number of H-pyrrole nitrogens is 1. The number of hydrogen-bond acceptors (Lipinski definition) is 3. The van der Waals surface area contributed by atoms with Crippen LogP contribution in [0.4, 0.5) is 0 Å². The minimum absolute atomic E-state index is 0.195. The Labute approximate surface area is 135 Å². The fourth-order valence-electron chi connectivity index (χ4n) is 3.26. The number of rotatable bonds is 3. The third kappa shape index (κ3) is 3.05. The molecule has 1 amide bonds. The van der Waals surface area contributed by atoms with E-state index in [1.165, 1.54) is 17.8 Å². The number of nitrogens with two attached hydrogens (primary N) is 1. The molecule has 3 rings (SSSR count). The van der Waals surface area contributed by atoms with Crippen molar-refractivity contribution < 1.29 is 4.79 Å². The molecule has 1 fully saturated rings. The number of aryl methyl sites for hydroxylation is 1. The molecule has 0 bridgehead atoms. The molecule has 0 radical (unpaired) electrons. The van der Waals surface area contributed by atoms with Crippen molar-refractivity contribution in [2.45, 2.75) is 12.8 Å². The second-order valence-corrected chi connectivity index (χ2v) is 6.12. The minimum Gasteiger partial charge on any atom is -0.364 e. The predicted molar refractivity (Wildman–Crippen MR) is 89.4 cm³/mol. The molecule has 0 saturated carbocycles. The number of amides is 1. The van der Waals surface area contributed by atoms with Crippen molar-refractivity contribution >= 4 is 5.91 Å². The standard InChI is InChI=1S/C18H21N3O2/c1-12-7-17(22)15(9-20-12)18(23)21-10-14(8-19)16(11-21)13-5-3-2-4-6-13/h2-7,9,14,16H,8,10-11,19H2,1H3,(H,20,22)/t14-,16+/m1/s1. The van der Waals surface area contributed by atoms with Gasteiger partial charge in [0, 0.05) is 37.0 Å². The van der Waals surface area contributed by atoms with Crippen LogP contribution in [-0.2, 0) is 0 Å². The van der Waals surface area contributed by atoms with Gasteiger partial charge in [0.15, 0.2) is 5.43 Å². The van der Waals surface area contributed by atoms with Crippen LogP contribution in [0.2, 0.25) is 0 Å². The average Bonchev–Trinajstić information content (AvgIpc) is 2.99. The molecule has 2 heterocycles. The summed E-state index contributed by atoms with van der Waals surface area (Å²) in [4.78, 5) is 29.4. The Balaban J connectivity index is 1.84. The molecular weight excluding hydrogens is 290 g/mol. The zero-order valence-electron chi connectivity index (χ0n) is 13.2. The summed E-state index contributed by atoms with van der Waals surface area (Å²) in [7, 11) is 0. The SMILES string of the molecule is Cc1cc(=O)c(C(=O)N2C[C@@H](CN)[C@H](c3ccccc3)C2)c[nH]1. The van der Waals surface area contributed by atoms with Crippen molar-refractivity contribution in [2.75, 3.05) is 19.6 Å². The van der Waals surface area contributed by atoms with Crippen LogP contribution in [0.3, 0.4) is 0 Å². The Kier molecular flexibility index (Phi) is 4.30. The number of hydrogen-bond donors (Lipinski definition) is 2. The normalized spacial score (nSPS) is 20.7. The smallest absolute Gasteiger partial charge is 0.259 e. The molecule has 3 N–H and O–H groups in total. The maximum atomic E-state index is 12.7. The van der Waals surface area contributed by atoms with E-state index < -0.39 is 0 Å². The Morgan fingerprint density at radius 3 is 2.70 bits per heavy atom. The molecule has 1 saturated heterocycles. The van der Waals surface area contributed by atoms with Crippen LogP contribution in [0, 0.1) is 12.8 Å². The summed E-state index contributed by atoms with van der Waals surface area (Å²) in [6, 6.07) is 11.6. The van der Waals surface area contributed by atoms with E-state index in [2.05, 4.69) is 17.1 Å². The number of likely N-dealkylation sites (tertiary alicyclic amines) is 1. The van der Waals surface area contributed by atoms with Crippen LogP contribution >= 0.6 is 0 Å². The highest BCUT2D eigenvalue weighted by Gasteiger charge is 2.36. The topological polar surface area (TPSA) is 79.2 Å². The third-order valence-electron chi connectivity index (χ3n) is 4.55. The quantitative estimate of drug-likeness (QED) is 0.901. The summed E-state index contributed by atoms with van der Waals surface area (Å²) >= 11 is 0. The molecule has 23 heavy (non-hydrogen) atoms. The molecule has 0 unspecified atom stereocenters. The molecule has 1 aromatic carbocycles. The molecule has 0 spiro atoms. The minimum atomic E-state index is -0.237. The summed E-state index contributed by atoms with van der Waals surface area (Å²) in [6.45, 7) is 3.50. The summed E-state index contributed by atoms with van der Waals surface area (Å²) in [5.41, 5.74) is 7.80. The van der Waals surface area contributed by atoms with Crippen LogP contribution in [0.25, 0.3) is 0 Å². The molecule has 5 nitrogen and oxygen atoms in total. The van der Waals surface area contributed by atoms with Crippen LogP contribution in [0.15, 0.2) is 47.4 Å². The second-order valence-electron chi connectivity index (χ2n) is 6.12. The number of benzene rings is 1. The largest absolute Gasteiger partial charge is 0.364 e. The first kappa shape index (κ1) is 15.5. The van der Waals surface area contributed by atoms with E-state index in [0.29, 0.717) is 19.6 Å². The summed E-state index contributed by atoms with van der Waals surface area (Å²) < 4.78 is 0. The number of nitrogens with zero attached hydrogens (tertiary/aromatic N) is 1. The van der Waals surface area contributed by atoms with Crippen molar-refractivity contribution in [1.29, 1.82) is 0 Å². The highest BCUT2D eigenvalue weighted by molar-refractivity contribution is 5.94. The van der Waals surface area contributed by atoms with Gasteiger partial charge in [-0.2, -0.15) is 0 Å². The first-order valence-electron chi connectivity index (χ1n) is 7.83. The molecule has 2 atom stereocenters. The lowest BCUT2D eigenvalue weighted by Crippen LogP contribution is -2.33. The van der Waals surface area contributed by atoms with Gasteiger partial charge in [0.25, 0.3) is 5.91 Å². The van der Waals surface area contributed by atoms with Crippen LogP contribution in [-0.4, -0.2) is 35.4 Å². The van der Waals surface area contributed by atoms with E-state index in [4.69, 9.17) is 5.73 Å². The average molecular weight is 311 g/mol. The Hall–Kier alpha value is -2.40. The number of nitrogens with one attached hydrogen (secondary N) is 1. The second kappa shape index (κ2) is 6.38. The van der Waals surface area contributed by atoms with Crippen molar-refractivity contribution in [3.05, 3.63) is 69.6 Å². The molecule has 1 aliphatic rings. The predicted octanol–water partition coefficient (Wildman–Crippen LogP) is 1.50. The Bertz CT molecular complexity index is 754. The van der Waals surface area contributed by atoms with E-state index in [1.807, 2.05) is 18.2 Å². The van der Waals surface area contributed by atoms with E-state index in [9.17, 15) is 9.59 Å². The van der Waals surface area contributed by atoms with Gasteiger partial charge in [0.2, 0.25) is 0 Å². The molecule has 1 aliphatic heterocycles. The van der Waals surface area contributed by atoms with E-state index in [0.717, 1.165) is 5.69 Å². The fraction of sp³-hybridized carbons (Fsp3) is 0.333. The van der Waals surface area contributed by atoms with Crippen LogP contribution in [0.5, 0.6) is 0 Å². The number of carbonyl (C=O) groups excluding carboxylic acids is 1. The monoisotopic (exact) mass is 311 g/mol. The molecule has 5 heteroatoms. The van der Waals surface area contributed by atoms with Gasteiger partial charge in [-0.15, -0.1) is 0 Å². The van der Waals surface area contributed by atoms with Gasteiger partial charge in [-0.3, -0.25) is 9.59 Å². The fourth-order valence-corrected chi connectivity index (χ4v) is 3.26. The van der Waals surface area contributed by atoms with E-state index in [1.54, 1.807) is 11.8 Å². The van der Waals surface area contributed by atoms with Crippen LogP contribution < -0.4 is 11.2 Å². The highest BCUT2D eigenvalue weighted by Crippen LogP contribution is 2.32. The molecule has 2 aromatic rings. The molecule has 120 valence electrons. The number of carbonyl (C=O) groups is 1. The lowest BCUT2D eigenvalue weighted by molar-refractivity contribution is 0.0784. The summed E-state index contributed by atoms with van der Waals surface area (Å²) in [6.07, 6.45) is 1.51. The number of aromatic amines is 1. The van der Waals surface area contributed by atoms with Gasteiger partial charge in [0.05, 0.1) is 0 Å². The maximum absolute atomic E-state index is 12.7. The third-order valence-corrected chi connectivity index (χ3v) is 4.55. The summed E-state index contributed by atoms with van der Waals surface area (Å²) in [5.74, 6) is 0.212. The van der Waals surface area contributed by atoms with Crippen molar-refractivity contribution in [3.8, 4) is 0 Å². The van der Waals surface area contributed by atoms with Crippen molar-refractivity contribution in [2.24, 2.45) is 11.7 Å². The van der Waals surface area contributed by atoms with E-state index >= 15 is 0 Å². The van der Waals surface area contributed by atoms with Crippen molar-refractivity contribution in [1.82, 2.24) is 9.88 Å². The molecule has 0 aliphatic carbocycles. The van der Waals surface area contributed by atoms with Gasteiger partial charge in [-0.1, -0.05) is 30.3 Å². The van der Waals surface area contributed by atoms with Gasteiger partial charge >= 0.3 is 0 Å². The Morgan fingerprint density at radius 1 is 1.30 bits per heavy atom. The van der Waals surface area contributed by atoms with Gasteiger partial charge < -0.3 is 15.6 Å². The summed E-state index contributed by atoms with van der Waals surface area (Å²) in [5, 5.41) is 0. The van der Waals surface area contributed by atoms with E-state index in [-0.39, 0.29) is 28.7 Å². The van der Waals surface area contributed by atoms with Crippen LogP contribution in [0.1, 0.15) is 27.5 Å².